The van der Waals surface area contributed by atoms with Crippen LogP contribution in [-0.4, -0.2) is 14.0 Å². The number of nitrogens with zero attached hydrogens (tertiary/aromatic N) is 1. The second-order valence-electron chi connectivity index (χ2n) is 12.6. The summed E-state index contributed by atoms with van der Waals surface area (Å²) in [6.45, 7) is 9.79. The zero-order valence-electron chi connectivity index (χ0n) is 23.8. The van der Waals surface area contributed by atoms with Crippen LogP contribution in [0.2, 0.25) is 19.6 Å². The van der Waals surface area contributed by atoms with Crippen LogP contribution in [-0.2, 0) is 16.8 Å². The highest BCUT2D eigenvalue weighted by molar-refractivity contribution is 6.88. The predicted molar refractivity (Wildman–Crippen MR) is 169 cm³/mol. The summed E-state index contributed by atoms with van der Waals surface area (Å²) in [4.78, 5) is 14.7. The lowest BCUT2D eigenvalue weighted by atomic mass is 9.64. The Labute approximate surface area is 242 Å². The zero-order chi connectivity index (χ0) is 28.1. The van der Waals surface area contributed by atoms with E-state index < -0.39 is 13.5 Å². The van der Waals surface area contributed by atoms with Crippen molar-refractivity contribution in [1.82, 2.24) is 0 Å². The highest BCUT2D eigenvalue weighted by atomic mass is 28.3. The molecule has 0 radical (unpaired) electrons. The lowest BCUT2D eigenvalue weighted by Crippen LogP contribution is -2.42. The number of cyclic esters (lactones) is 1. The minimum Gasteiger partial charge on any atom is -0.457 e. The van der Waals surface area contributed by atoms with Gasteiger partial charge in [0, 0.05) is 11.3 Å². The Bertz CT molecular complexity index is 1890. The first-order valence-corrected chi connectivity index (χ1v) is 17.8. The first-order valence-electron chi connectivity index (χ1n) is 14.3. The van der Waals surface area contributed by atoms with Crippen LogP contribution < -0.4 is 10.1 Å². The molecule has 0 saturated heterocycles. The van der Waals surface area contributed by atoms with Gasteiger partial charge in [-0.05, 0) is 70.6 Å². The van der Waals surface area contributed by atoms with E-state index in [1.807, 2.05) is 6.07 Å². The van der Waals surface area contributed by atoms with Crippen LogP contribution in [0.5, 0.6) is 0 Å². The molecule has 200 valence electrons. The fraction of sp³-hybridized carbons (Fsp3) is 0.162. The maximum atomic E-state index is 12.3. The number of esters is 1. The summed E-state index contributed by atoms with van der Waals surface area (Å²) in [5.74, 6) is -0.237. The Balaban J connectivity index is 1.52. The molecule has 5 aromatic carbocycles. The van der Waals surface area contributed by atoms with Gasteiger partial charge in [-0.2, -0.15) is 0 Å². The third-order valence-corrected chi connectivity index (χ3v) is 11.2. The largest absolute Gasteiger partial charge is 0.457 e. The number of benzene rings is 5. The van der Waals surface area contributed by atoms with E-state index in [2.05, 4.69) is 129 Å². The van der Waals surface area contributed by atoms with Crippen LogP contribution >= 0.6 is 0 Å². The highest BCUT2D eigenvalue weighted by Gasteiger charge is 2.52. The highest BCUT2D eigenvalue weighted by Crippen LogP contribution is 2.63. The summed E-state index contributed by atoms with van der Waals surface area (Å²) in [7, 11) is -1.64. The Morgan fingerprint density at radius 2 is 1.32 bits per heavy atom. The van der Waals surface area contributed by atoms with Gasteiger partial charge < -0.3 is 9.64 Å². The second kappa shape index (κ2) is 8.31. The summed E-state index contributed by atoms with van der Waals surface area (Å²) in [6.07, 6.45) is 0. The van der Waals surface area contributed by atoms with Crippen LogP contribution in [0.15, 0.2) is 103 Å². The maximum Gasteiger partial charge on any atom is 0.338 e. The van der Waals surface area contributed by atoms with Crippen molar-refractivity contribution in [2.24, 2.45) is 0 Å². The monoisotopic (exact) mass is 549 g/mol. The lowest BCUT2D eigenvalue weighted by molar-refractivity contribution is 0.0535. The number of anilines is 3. The molecule has 4 heteroatoms. The van der Waals surface area contributed by atoms with E-state index >= 15 is 0 Å². The molecule has 8 rings (SSSR count). The number of carbonyl (C=O) groups excluding carboxylic acids is 1. The summed E-state index contributed by atoms with van der Waals surface area (Å²) >= 11 is 0. The van der Waals surface area contributed by atoms with Gasteiger partial charge >= 0.3 is 5.97 Å². The van der Waals surface area contributed by atoms with Gasteiger partial charge in [-0.25, -0.2) is 4.79 Å². The van der Waals surface area contributed by atoms with Crippen molar-refractivity contribution in [3.8, 4) is 11.1 Å². The van der Waals surface area contributed by atoms with Crippen LogP contribution in [0.25, 0.3) is 11.1 Å². The summed E-state index contributed by atoms with van der Waals surface area (Å²) in [6, 6.07) is 38.1. The quantitative estimate of drug-likeness (QED) is 0.160. The molecule has 3 aliphatic rings. The number of ether oxygens (including phenoxy) is 1. The van der Waals surface area contributed by atoms with Gasteiger partial charge in [0.15, 0.2) is 0 Å². The fourth-order valence-electron chi connectivity index (χ4n) is 7.27. The molecule has 3 nitrogen and oxygen atoms in total. The molecule has 0 atom stereocenters. The van der Waals surface area contributed by atoms with E-state index in [9.17, 15) is 4.79 Å². The van der Waals surface area contributed by atoms with Crippen molar-refractivity contribution in [2.45, 2.75) is 38.6 Å². The second-order valence-corrected chi connectivity index (χ2v) is 17.7. The van der Waals surface area contributed by atoms with E-state index in [0.29, 0.717) is 12.2 Å². The molecular formula is C37H31NO2Si. The van der Waals surface area contributed by atoms with E-state index in [4.69, 9.17) is 4.74 Å². The average Bonchev–Trinajstić information content (AvgIpc) is 3.49. The molecule has 1 aliphatic carbocycles. The lowest BCUT2D eigenvalue weighted by Gasteiger charge is -2.45. The SMILES string of the molecule is Cc1ccc2c(c1)C1(c3ccccc3-c3ccccc31)c1cc([Si](C)(C)C)ccc1N2c1ccc2c(c1)COC2=O. The molecule has 1 spiro atoms. The van der Waals surface area contributed by atoms with Crippen molar-refractivity contribution < 1.29 is 9.53 Å². The van der Waals surface area contributed by atoms with Gasteiger partial charge in [0.05, 0.1) is 30.4 Å². The molecule has 5 aromatic rings. The number of carbonyl (C=O) groups is 1. The third kappa shape index (κ3) is 3.22. The number of fused-ring (bicyclic) bond motifs is 10. The smallest absolute Gasteiger partial charge is 0.338 e. The van der Waals surface area contributed by atoms with Crippen LogP contribution in [0.1, 0.15) is 43.7 Å². The fourth-order valence-corrected chi connectivity index (χ4v) is 8.43. The average molecular weight is 550 g/mol. The molecular weight excluding hydrogens is 518 g/mol. The van der Waals surface area contributed by atoms with Crippen LogP contribution in [0, 0.1) is 6.92 Å². The molecule has 2 aliphatic heterocycles. The molecule has 0 aromatic heterocycles. The summed E-state index contributed by atoms with van der Waals surface area (Å²) in [5, 5.41) is 1.45. The van der Waals surface area contributed by atoms with Gasteiger partial charge in [0.2, 0.25) is 0 Å². The Kier molecular flexibility index (Phi) is 4.94. The van der Waals surface area contributed by atoms with Crippen molar-refractivity contribution in [2.75, 3.05) is 4.90 Å². The molecule has 0 amide bonds. The number of hydrogen-bond donors (Lipinski definition) is 0. The minimum atomic E-state index is -1.64. The van der Waals surface area contributed by atoms with Crippen molar-refractivity contribution in [3.05, 3.63) is 142 Å². The Morgan fingerprint density at radius 3 is 2.00 bits per heavy atom. The van der Waals surface area contributed by atoms with Crippen molar-refractivity contribution in [1.29, 1.82) is 0 Å². The van der Waals surface area contributed by atoms with Crippen LogP contribution in [0.4, 0.5) is 17.1 Å². The molecule has 0 N–H and O–H groups in total. The van der Waals surface area contributed by atoms with Crippen molar-refractivity contribution >= 4 is 36.3 Å². The molecule has 0 unspecified atom stereocenters. The number of hydrogen-bond acceptors (Lipinski definition) is 3. The summed E-state index contributed by atoms with van der Waals surface area (Å²) < 4.78 is 5.37. The van der Waals surface area contributed by atoms with Crippen molar-refractivity contribution in [3.63, 3.8) is 0 Å². The normalized spacial score (nSPS) is 15.6. The van der Waals surface area contributed by atoms with E-state index in [-0.39, 0.29) is 5.97 Å². The predicted octanol–water partition coefficient (Wildman–Crippen LogP) is 8.36. The molecule has 2 heterocycles. The standard InChI is InChI=1S/C37H31NO2Si/c1-23-13-17-34-32(19-23)37(30-11-7-5-9-28(30)29-10-6-8-12-31(29)37)33-21-26(41(2,3)4)15-18-35(33)38(34)25-14-16-27-24(20-25)22-40-36(27)39/h5-21H,22H2,1-4H3. The van der Waals surface area contributed by atoms with E-state index in [0.717, 1.165) is 11.3 Å². The Hall–Kier alpha value is -4.41. The van der Waals surface area contributed by atoms with Gasteiger partial charge in [-0.3, -0.25) is 0 Å². The molecule has 41 heavy (non-hydrogen) atoms. The van der Waals surface area contributed by atoms with E-state index in [1.165, 1.54) is 55.5 Å². The first-order chi connectivity index (χ1) is 19.8. The third-order valence-electron chi connectivity index (χ3n) is 9.18. The molecule has 0 fully saturated rings. The molecule has 0 saturated carbocycles. The zero-order valence-corrected chi connectivity index (χ0v) is 24.8. The minimum absolute atomic E-state index is 0.237. The Morgan fingerprint density at radius 1 is 0.683 bits per heavy atom. The summed E-state index contributed by atoms with van der Waals surface area (Å²) in [5.41, 5.74) is 13.7. The van der Waals surface area contributed by atoms with Gasteiger partial charge in [0.25, 0.3) is 0 Å². The number of rotatable bonds is 2. The van der Waals surface area contributed by atoms with Gasteiger partial charge in [0.1, 0.15) is 6.61 Å². The van der Waals surface area contributed by atoms with E-state index in [1.54, 1.807) is 0 Å². The van der Waals surface area contributed by atoms with Crippen LogP contribution in [0.3, 0.4) is 0 Å². The first kappa shape index (κ1) is 24.4. The molecule has 0 bridgehead atoms. The topological polar surface area (TPSA) is 29.5 Å². The maximum absolute atomic E-state index is 12.3. The van der Waals surface area contributed by atoms with Gasteiger partial charge in [-0.1, -0.05) is 103 Å². The number of aryl methyl sites for hydroxylation is 1. The van der Waals surface area contributed by atoms with Gasteiger partial charge in [-0.15, -0.1) is 0 Å².